The maximum atomic E-state index is 11.1. The molecule has 0 radical (unpaired) electrons. The number of rotatable bonds is 2. The third-order valence-electron chi connectivity index (χ3n) is 2.96. The number of urea groups is 1. The van der Waals surface area contributed by atoms with E-state index >= 15 is 0 Å². The lowest BCUT2D eigenvalue weighted by Crippen LogP contribution is -2.19. The smallest absolute Gasteiger partial charge is 0.316 e. The summed E-state index contributed by atoms with van der Waals surface area (Å²) in [4.78, 5) is 15.3. The number of hydrogen-bond acceptors (Lipinski definition) is 4. The molecule has 0 unspecified atom stereocenters. The first-order valence-corrected chi connectivity index (χ1v) is 7.25. The molecule has 0 spiro atoms. The van der Waals surface area contributed by atoms with Gasteiger partial charge in [-0.1, -0.05) is 29.0 Å². The van der Waals surface area contributed by atoms with Gasteiger partial charge in [-0.25, -0.2) is 9.78 Å². The number of amides is 2. The maximum absolute atomic E-state index is 11.1. The van der Waals surface area contributed by atoms with E-state index in [9.17, 15) is 4.79 Å². The van der Waals surface area contributed by atoms with Crippen molar-refractivity contribution in [3.63, 3.8) is 0 Å². The van der Waals surface area contributed by atoms with Crippen LogP contribution in [0.4, 0.5) is 15.6 Å². The van der Waals surface area contributed by atoms with E-state index in [1.54, 1.807) is 18.2 Å². The molecule has 3 rings (SSSR count). The molecular formula is C14H11ClN4OS. The molecule has 1 heterocycles. The zero-order chi connectivity index (χ0) is 15.0. The Morgan fingerprint density at radius 1 is 1.24 bits per heavy atom. The van der Waals surface area contributed by atoms with Gasteiger partial charge in [0.15, 0.2) is 5.13 Å². The Balaban J connectivity index is 2.15. The van der Waals surface area contributed by atoms with Gasteiger partial charge >= 0.3 is 6.03 Å². The minimum atomic E-state index is -0.623. The van der Waals surface area contributed by atoms with Crippen LogP contribution in [0.5, 0.6) is 0 Å². The van der Waals surface area contributed by atoms with Crippen molar-refractivity contribution in [1.82, 2.24) is 4.98 Å². The van der Waals surface area contributed by atoms with Gasteiger partial charge in [-0.05, 0) is 35.9 Å². The van der Waals surface area contributed by atoms with E-state index in [0.717, 1.165) is 21.3 Å². The second-order valence-corrected chi connectivity index (χ2v) is 5.91. The van der Waals surface area contributed by atoms with Crippen molar-refractivity contribution in [2.24, 2.45) is 5.73 Å². The lowest BCUT2D eigenvalue weighted by molar-refractivity contribution is 0.259. The molecule has 0 atom stereocenters. The maximum Gasteiger partial charge on any atom is 0.316 e. The Morgan fingerprint density at radius 3 is 2.81 bits per heavy atom. The summed E-state index contributed by atoms with van der Waals surface area (Å²) in [6.07, 6.45) is 0. The molecule has 0 aliphatic rings. The van der Waals surface area contributed by atoms with Crippen molar-refractivity contribution < 1.29 is 4.79 Å². The summed E-state index contributed by atoms with van der Waals surface area (Å²) in [5, 5.41) is 3.69. The van der Waals surface area contributed by atoms with E-state index < -0.39 is 6.03 Å². The van der Waals surface area contributed by atoms with Gasteiger partial charge in [-0.15, -0.1) is 0 Å². The van der Waals surface area contributed by atoms with E-state index in [1.807, 2.05) is 18.2 Å². The summed E-state index contributed by atoms with van der Waals surface area (Å²) in [6, 6.07) is 10.3. The van der Waals surface area contributed by atoms with Crippen molar-refractivity contribution in [1.29, 1.82) is 0 Å². The Kier molecular flexibility index (Phi) is 3.40. The molecule has 2 aromatic carbocycles. The highest BCUT2D eigenvalue weighted by atomic mass is 35.5. The number of nitrogens with zero attached hydrogens (tertiary/aromatic N) is 1. The molecule has 0 fully saturated rings. The van der Waals surface area contributed by atoms with Crippen molar-refractivity contribution in [3.8, 4) is 11.1 Å². The van der Waals surface area contributed by atoms with E-state index in [1.165, 1.54) is 11.3 Å². The number of carbonyl (C=O) groups is 1. The van der Waals surface area contributed by atoms with Gasteiger partial charge in [0.05, 0.1) is 15.9 Å². The zero-order valence-corrected chi connectivity index (χ0v) is 12.3. The Morgan fingerprint density at radius 2 is 2.05 bits per heavy atom. The molecule has 5 nitrogen and oxygen atoms in total. The third-order valence-corrected chi connectivity index (χ3v) is 4.04. The fourth-order valence-electron chi connectivity index (χ4n) is 2.11. The SMILES string of the molecule is NC(=O)Nc1ccc(Cl)cc1-c1ccc2nc(N)sc2c1. The fourth-order valence-corrected chi connectivity index (χ4v) is 3.05. The number of thiazole rings is 1. The summed E-state index contributed by atoms with van der Waals surface area (Å²) in [5.74, 6) is 0. The second-order valence-electron chi connectivity index (χ2n) is 4.41. The van der Waals surface area contributed by atoms with Crippen LogP contribution in [0.2, 0.25) is 5.02 Å². The average Bonchev–Trinajstić information content (AvgIpc) is 2.79. The van der Waals surface area contributed by atoms with Crippen LogP contribution < -0.4 is 16.8 Å². The highest BCUT2D eigenvalue weighted by Crippen LogP contribution is 2.34. The zero-order valence-electron chi connectivity index (χ0n) is 10.8. The average molecular weight is 319 g/mol. The van der Waals surface area contributed by atoms with Gasteiger partial charge in [0, 0.05) is 10.6 Å². The summed E-state index contributed by atoms with van der Waals surface area (Å²) < 4.78 is 0.968. The predicted molar refractivity (Wildman–Crippen MR) is 87.7 cm³/mol. The highest BCUT2D eigenvalue weighted by molar-refractivity contribution is 7.22. The van der Waals surface area contributed by atoms with Crippen LogP contribution in [-0.2, 0) is 0 Å². The number of halogens is 1. The summed E-state index contributed by atoms with van der Waals surface area (Å²) in [6.45, 7) is 0. The molecule has 3 aromatic rings. The minimum absolute atomic E-state index is 0.517. The van der Waals surface area contributed by atoms with E-state index in [0.29, 0.717) is 15.8 Å². The number of benzene rings is 2. The van der Waals surface area contributed by atoms with Crippen LogP contribution in [-0.4, -0.2) is 11.0 Å². The predicted octanol–water partition coefficient (Wildman–Crippen LogP) is 3.69. The Hall–Kier alpha value is -2.31. The molecule has 0 aliphatic heterocycles. The largest absolute Gasteiger partial charge is 0.375 e. The number of hydrogen-bond donors (Lipinski definition) is 3. The molecular weight excluding hydrogens is 308 g/mol. The molecule has 21 heavy (non-hydrogen) atoms. The number of aromatic nitrogens is 1. The molecule has 1 aromatic heterocycles. The van der Waals surface area contributed by atoms with Crippen molar-refractivity contribution >= 4 is 50.0 Å². The summed E-state index contributed by atoms with van der Waals surface area (Å²) in [7, 11) is 0. The van der Waals surface area contributed by atoms with Gasteiger partial charge in [-0.2, -0.15) is 0 Å². The fraction of sp³-hybridized carbons (Fsp3) is 0. The number of fused-ring (bicyclic) bond motifs is 1. The first-order valence-electron chi connectivity index (χ1n) is 6.05. The summed E-state index contributed by atoms with van der Waals surface area (Å²) in [5.41, 5.74) is 14.0. The van der Waals surface area contributed by atoms with Gasteiger partial charge in [0.2, 0.25) is 0 Å². The molecule has 5 N–H and O–H groups in total. The van der Waals surface area contributed by atoms with Crippen LogP contribution in [0.3, 0.4) is 0 Å². The topological polar surface area (TPSA) is 94.0 Å². The summed E-state index contributed by atoms with van der Waals surface area (Å²) >= 11 is 7.46. The molecule has 0 aliphatic carbocycles. The molecule has 0 bridgehead atoms. The quantitative estimate of drug-likeness (QED) is 0.672. The van der Waals surface area contributed by atoms with Crippen LogP contribution in [0.25, 0.3) is 21.3 Å². The van der Waals surface area contributed by atoms with Gasteiger partial charge in [-0.3, -0.25) is 0 Å². The highest BCUT2D eigenvalue weighted by Gasteiger charge is 2.10. The van der Waals surface area contributed by atoms with Crippen molar-refractivity contribution in [2.75, 3.05) is 11.1 Å². The first kappa shape index (κ1) is 13.7. The number of carbonyl (C=O) groups excluding carboxylic acids is 1. The molecule has 0 saturated carbocycles. The minimum Gasteiger partial charge on any atom is -0.375 e. The number of primary amides is 1. The number of anilines is 2. The number of nitrogens with one attached hydrogen (secondary N) is 1. The normalized spacial score (nSPS) is 10.7. The molecule has 7 heteroatoms. The van der Waals surface area contributed by atoms with Gasteiger partial charge in [0.25, 0.3) is 0 Å². The van der Waals surface area contributed by atoms with Gasteiger partial charge < -0.3 is 16.8 Å². The number of nitrogens with two attached hydrogens (primary N) is 2. The van der Waals surface area contributed by atoms with Crippen LogP contribution in [0, 0.1) is 0 Å². The lowest BCUT2D eigenvalue weighted by Gasteiger charge is -2.10. The first-order chi connectivity index (χ1) is 10.0. The van der Waals surface area contributed by atoms with Crippen LogP contribution in [0.15, 0.2) is 36.4 Å². The lowest BCUT2D eigenvalue weighted by atomic mass is 10.0. The van der Waals surface area contributed by atoms with Gasteiger partial charge in [0.1, 0.15) is 0 Å². The van der Waals surface area contributed by atoms with E-state index in [2.05, 4.69) is 10.3 Å². The van der Waals surface area contributed by atoms with Crippen LogP contribution >= 0.6 is 22.9 Å². The standard InChI is InChI=1S/C14H11ClN4OS/c15-8-2-4-10(18-13(16)20)9(6-8)7-1-3-11-12(5-7)21-14(17)19-11/h1-6H,(H2,17,19)(H3,16,18,20). The van der Waals surface area contributed by atoms with Crippen LogP contribution in [0.1, 0.15) is 0 Å². The molecule has 106 valence electrons. The Bertz CT molecular complexity index is 846. The second kappa shape index (κ2) is 5.23. The monoisotopic (exact) mass is 318 g/mol. The van der Waals surface area contributed by atoms with Crippen molar-refractivity contribution in [3.05, 3.63) is 41.4 Å². The molecule has 2 amide bonds. The third kappa shape index (κ3) is 2.76. The number of nitrogen functional groups attached to an aromatic ring is 1. The van der Waals surface area contributed by atoms with Crippen molar-refractivity contribution in [2.45, 2.75) is 0 Å². The Labute approximate surface area is 129 Å². The molecule has 0 saturated heterocycles. The van der Waals surface area contributed by atoms with E-state index in [4.69, 9.17) is 23.1 Å². The van der Waals surface area contributed by atoms with E-state index in [-0.39, 0.29) is 0 Å².